The van der Waals surface area contributed by atoms with Crippen LogP contribution in [0.15, 0.2) is 78.8 Å². The molecule has 4 aromatic carbocycles. The predicted molar refractivity (Wildman–Crippen MR) is 147 cm³/mol. The molecule has 268 valence electrons. The third kappa shape index (κ3) is 9.41. The zero-order valence-electron chi connectivity index (χ0n) is 24.1. The molecule has 22 nitrogen and oxygen atoms in total. The molecule has 0 fully saturated rings. The van der Waals surface area contributed by atoms with Crippen molar-refractivity contribution in [3.8, 4) is 34.5 Å². The van der Waals surface area contributed by atoms with E-state index in [1.807, 2.05) is 0 Å². The van der Waals surface area contributed by atoms with Crippen LogP contribution in [0, 0.1) is 20.2 Å². The van der Waals surface area contributed by atoms with Gasteiger partial charge in [0.2, 0.25) is 0 Å². The second kappa shape index (κ2) is 15.6. The molecular weight excluding hydrogens is 816 g/mol. The Morgan fingerprint density at radius 2 is 0.863 bits per heavy atom. The number of phenolic OH excluding ortho intramolecular Hbond substituents is 2. The van der Waals surface area contributed by atoms with Crippen molar-refractivity contribution in [2.45, 2.75) is 16.2 Å². The van der Waals surface area contributed by atoms with Gasteiger partial charge >= 0.3 is 34.1 Å². The first-order chi connectivity index (χ1) is 22.7. The van der Waals surface area contributed by atoms with Crippen molar-refractivity contribution in [2.24, 2.45) is 20.5 Å². The molecule has 0 saturated carbocycles. The van der Waals surface area contributed by atoms with Crippen LogP contribution in [-0.4, -0.2) is 46.0 Å². The van der Waals surface area contributed by atoms with E-state index >= 15 is 0 Å². The summed E-state index contributed by atoms with van der Waals surface area (Å²) in [6, 6.07) is 4.11. The smallest absolute Gasteiger partial charge is 0.871 e. The predicted octanol–water partition coefficient (Wildman–Crippen LogP) is 1.43. The second-order valence-electron chi connectivity index (χ2n) is 9.48. The molecule has 0 aliphatic rings. The molecule has 26 heteroatoms. The van der Waals surface area contributed by atoms with E-state index in [1.54, 1.807) is 0 Å². The minimum absolute atomic E-state index is 0. The van der Waals surface area contributed by atoms with Gasteiger partial charge in [0, 0.05) is 41.2 Å². The van der Waals surface area contributed by atoms with Crippen molar-refractivity contribution >= 4 is 54.4 Å². The first kappa shape index (κ1) is 41.7. The Balaban J connectivity index is 0.00000451. The minimum atomic E-state index is -5.31. The summed E-state index contributed by atoms with van der Waals surface area (Å²) in [5.74, 6) is -6.43. The Kier molecular flexibility index (Phi) is 12.8. The summed E-state index contributed by atoms with van der Waals surface area (Å²) in [5.41, 5.74) is -6.44. The molecule has 0 heterocycles. The summed E-state index contributed by atoms with van der Waals surface area (Å²) in [5, 5.41) is 106. The van der Waals surface area contributed by atoms with Gasteiger partial charge in [0.15, 0.2) is 0 Å². The molecule has 4 aromatic rings. The molecule has 0 atom stereocenters. The maximum Gasteiger partial charge on any atom is 2.00 e. The van der Waals surface area contributed by atoms with E-state index in [0.717, 1.165) is 12.1 Å². The van der Waals surface area contributed by atoms with Crippen LogP contribution in [0.2, 0.25) is 0 Å². The molecule has 0 spiro atoms. The summed E-state index contributed by atoms with van der Waals surface area (Å²) in [7, 11) is -10.6. The summed E-state index contributed by atoms with van der Waals surface area (Å²) in [6.45, 7) is 0. The van der Waals surface area contributed by atoms with Gasteiger partial charge in [-0.25, -0.2) is 16.8 Å². The third-order valence-corrected chi connectivity index (χ3v) is 7.88. The fraction of sp³-hybridized carbons (Fsp3) is 0.0400. The van der Waals surface area contributed by atoms with Gasteiger partial charge in [-0.1, -0.05) is 11.5 Å². The van der Waals surface area contributed by atoms with Crippen LogP contribution in [-0.2, 0) is 60.8 Å². The first-order valence-corrected chi connectivity index (χ1v) is 15.3. The summed E-state index contributed by atoms with van der Waals surface area (Å²) in [4.78, 5) is 17.4. The molecular formula is C25H12Fe2N6O16S2-2. The van der Waals surface area contributed by atoms with E-state index in [9.17, 15) is 76.8 Å². The molecule has 0 amide bonds. The molecule has 0 aliphatic carbocycles. The molecule has 0 radical (unpaired) electrons. The van der Waals surface area contributed by atoms with Gasteiger partial charge in [-0.15, -0.1) is 0 Å². The standard InChI is InChI=1S/C25H18N6O16S2.2Fe/c32-20-8-22(34)14(26-28-16-4-12(48(42,43)44)6-18(24(16)36)30(38)39)2-10(20)1-11-3-15(23(35)9-21(11)33)27-29-17-5-13(49(45,46)47)7-19(25(17)37)31(40)41;;/h2-9,32-37H,1H2,(H,42,43,44)(H,45,46,47);;/q;2*+2/p-6. The molecule has 51 heavy (non-hydrogen) atoms. The Morgan fingerprint density at radius 3 is 1.16 bits per heavy atom. The molecule has 0 saturated heterocycles. The van der Waals surface area contributed by atoms with E-state index in [0.29, 0.717) is 24.3 Å². The van der Waals surface area contributed by atoms with Crippen LogP contribution >= 0.6 is 0 Å². The number of nitro benzene ring substituents is 2. The fourth-order valence-corrected chi connectivity index (χ4v) is 4.94. The molecule has 2 N–H and O–H groups in total. The number of nitrogens with zero attached hydrogens (tertiary/aromatic N) is 6. The third-order valence-electron chi connectivity index (χ3n) is 6.25. The zero-order chi connectivity index (χ0) is 36.6. The van der Waals surface area contributed by atoms with Crippen molar-refractivity contribution in [3.63, 3.8) is 0 Å². The van der Waals surface area contributed by atoms with E-state index in [-0.39, 0.29) is 57.4 Å². The van der Waals surface area contributed by atoms with Crippen LogP contribution in [0.5, 0.6) is 34.5 Å². The fourth-order valence-electron chi connectivity index (χ4n) is 3.92. The quantitative estimate of drug-likeness (QED) is 0.0750. The minimum Gasteiger partial charge on any atom is -0.871 e. The maximum atomic E-state index is 12.4. The normalized spacial score (nSPS) is 11.6. The average Bonchev–Trinajstić information content (AvgIpc) is 2.98. The van der Waals surface area contributed by atoms with Crippen LogP contribution in [0.3, 0.4) is 0 Å². The van der Waals surface area contributed by atoms with Gasteiger partial charge in [-0.05, 0) is 36.4 Å². The van der Waals surface area contributed by atoms with Gasteiger partial charge in [-0.2, -0.15) is 20.5 Å². The Morgan fingerprint density at radius 1 is 0.549 bits per heavy atom. The van der Waals surface area contributed by atoms with Crippen molar-refractivity contribution in [1.82, 2.24) is 0 Å². The van der Waals surface area contributed by atoms with E-state index in [1.165, 1.54) is 0 Å². The number of hydrogen-bond acceptors (Lipinski definition) is 20. The second-order valence-corrected chi connectivity index (χ2v) is 12.2. The number of benzene rings is 4. The van der Waals surface area contributed by atoms with Crippen molar-refractivity contribution in [3.05, 3.63) is 79.9 Å². The van der Waals surface area contributed by atoms with Crippen molar-refractivity contribution < 1.29 is 101 Å². The first-order valence-electron chi connectivity index (χ1n) is 12.5. The number of aromatic hydroxyl groups is 2. The van der Waals surface area contributed by atoms with Crippen LogP contribution in [0.4, 0.5) is 34.1 Å². The molecule has 0 aliphatic heterocycles. The number of rotatable bonds is 10. The van der Waals surface area contributed by atoms with Gasteiger partial charge in [-0.3, -0.25) is 20.2 Å². The largest absolute Gasteiger partial charge is 2.00 e. The SMILES string of the molecule is O=[N+]([O-])c1cc(S(=O)(=O)[O-])cc(N=Nc2cc(Cc3cc(N=Nc4cc(S(=O)(=O)[O-])cc([N+](=O)[O-])c4[O-])c([O-])cc3O)c(O)cc2[O-])c1[O-].[Fe+2].[Fe+2]. The average molecular weight is 828 g/mol. The Bertz CT molecular complexity index is 2190. The van der Waals surface area contributed by atoms with Gasteiger partial charge in [0.1, 0.15) is 31.7 Å². The van der Waals surface area contributed by atoms with Crippen molar-refractivity contribution in [1.29, 1.82) is 0 Å². The Labute approximate surface area is 304 Å². The molecule has 0 aromatic heterocycles. The van der Waals surface area contributed by atoms with Crippen LogP contribution in [0.1, 0.15) is 11.1 Å². The topological polar surface area (TPSA) is 383 Å². The van der Waals surface area contributed by atoms with E-state index in [4.69, 9.17) is 0 Å². The monoisotopic (exact) mass is 828 g/mol. The van der Waals surface area contributed by atoms with Crippen LogP contribution in [0.25, 0.3) is 0 Å². The van der Waals surface area contributed by atoms with E-state index < -0.39 is 115 Å². The Hall–Kier alpha value is -5.46. The molecule has 0 bridgehead atoms. The van der Waals surface area contributed by atoms with Gasteiger partial charge in [0.05, 0.1) is 42.4 Å². The van der Waals surface area contributed by atoms with E-state index in [2.05, 4.69) is 20.5 Å². The number of nitro groups is 2. The van der Waals surface area contributed by atoms with Gasteiger partial charge in [0.25, 0.3) is 11.4 Å². The number of azo groups is 2. The number of phenols is 2. The summed E-state index contributed by atoms with van der Waals surface area (Å²) in [6.07, 6.45) is -0.534. The summed E-state index contributed by atoms with van der Waals surface area (Å²) < 4.78 is 68.3. The van der Waals surface area contributed by atoms with Crippen LogP contribution < -0.4 is 20.4 Å². The zero-order valence-corrected chi connectivity index (χ0v) is 28.0. The summed E-state index contributed by atoms with van der Waals surface area (Å²) >= 11 is 0. The van der Waals surface area contributed by atoms with Crippen molar-refractivity contribution in [2.75, 3.05) is 0 Å². The maximum absolute atomic E-state index is 12.4. The van der Waals surface area contributed by atoms with Gasteiger partial charge < -0.3 is 39.7 Å². The molecule has 4 rings (SSSR count). The number of hydrogen-bond donors (Lipinski definition) is 2. The molecule has 0 unspecified atom stereocenters.